The molecular formula is C16H21NO4. The summed E-state index contributed by atoms with van der Waals surface area (Å²) in [4.78, 5) is 27.5. The van der Waals surface area contributed by atoms with E-state index in [0.717, 1.165) is 23.5 Å². The van der Waals surface area contributed by atoms with E-state index in [9.17, 15) is 14.7 Å². The molecule has 0 aliphatic carbocycles. The first-order valence-corrected chi connectivity index (χ1v) is 6.90. The fraction of sp³-hybridized carbons (Fsp3) is 0.375. The number of unbranched alkanes of at least 4 members (excludes halogenated alkanes) is 1. The molecule has 0 unspecified atom stereocenters. The second-order valence-electron chi connectivity index (χ2n) is 4.72. The zero-order chi connectivity index (χ0) is 15.5. The number of hydrogen-bond acceptors (Lipinski definition) is 3. The van der Waals surface area contributed by atoms with Gasteiger partial charge in [0.2, 0.25) is 6.41 Å². The maximum atomic E-state index is 11.2. The standard InChI is InChI=1S/C16H21NO4/c1-2-3-5-10-15(16(19)20)11-17(13-18)21-12-14-8-6-4-7-9-14/h2,4,6-9,13,15H,1,3,5,10-12H2,(H,19,20)/t15-/m1/s1. The maximum Gasteiger partial charge on any atom is 0.308 e. The van der Waals surface area contributed by atoms with Crippen LogP contribution in [0, 0.1) is 5.92 Å². The molecule has 1 aromatic carbocycles. The molecule has 0 spiro atoms. The maximum absolute atomic E-state index is 11.2. The van der Waals surface area contributed by atoms with Crippen LogP contribution in [0.5, 0.6) is 0 Å². The van der Waals surface area contributed by atoms with Crippen LogP contribution < -0.4 is 0 Å². The minimum absolute atomic E-state index is 0.0445. The normalized spacial score (nSPS) is 11.6. The summed E-state index contributed by atoms with van der Waals surface area (Å²) < 4.78 is 0. The van der Waals surface area contributed by atoms with E-state index >= 15 is 0 Å². The number of carboxylic acid groups (broad SMARTS) is 1. The lowest BCUT2D eigenvalue weighted by atomic mass is 10.0. The van der Waals surface area contributed by atoms with Gasteiger partial charge < -0.3 is 5.11 Å². The summed E-state index contributed by atoms with van der Waals surface area (Å²) in [7, 11) is 0. The molecule has 0 fully saturated rings. The number of benzene rings is 1. The number of allylic oxidation sites excluding steroid dienone is 1. The summed E-state index contributed by atoms with van der Waals surface area (Å²) in [5.74, 6) is -1.56. The van der Waals surface area contributed by atoms with Crippen molar-refractivity contribution in [2.24, 2.45) is 5.92 Å². The fourth-order valence-corrected chi connectivity index (χ4v) is 1.88. The predicted octanol–water partition coefficient (Wildman–Crippen LogP) is 2.63. The van der Waals surface area contributed by atoms with Crippen LogP contribution in [0.1, 0.15) is 24.8 Å². The van der Waals surface area contributed by atoms with Crippen molar-refractivity contribution in [3.63, 3.8) is 0 Å². The lowest BCUT2D eigenvalue weighted by Gasteiger charge is -2.21. The van der Waals surface area contributed by atoms with Crippen molar-refractivity contribution in [1.82, 2.24) is 5.06 Å². The molecule has 1 rings (SSSR count). The number of carboxylic acids is 1. The van der Waals surface area contributed by atoms with Crippen LogP contribution in [0.2, 0.25) is 0 Å². The molecular weight excluding hydrogens is 270 g/mol. The minimum atomic E-state index is -0.922. The van der Waals surface area contributed by atoms with Gasteiger partial charge in [-0.2, -0.15) is 0 Å². The van der Waals surface area contributed by atoms with Crippen molar-refractivity contribution in [2.45, 2.75) is 25.9 Å². The number of hydrogen-bond donors (Lipinski definition) is 1. The Morgan fingerprint density at radius 1 is 1.38 bits per heavy atom. The van der Waals surface area contributed by atoms with Gasteiger partial charge in [-0.05, 0) is 24.8 Å². The summed E-state index contributed by atoms with van der Waals surface area (Å²) in [6.45, 7) is 3.88. The molecule has 5 heteroatoms. The summed E-state index contributed by atoms with van der Waals surface area (Å²) in [6.07, 6.45) is 4.25. The largest absolute Gasteiger partial charge is 0.481 e. The van der Waals surface area contributed by atoms with Crippen LogP contribution in [0.4, 0.5) is 0 Å². The average Bonchev–Trinajstić information content (AvgIpc) is 2.50. The summed E-state index contributed by atoms with van der Waals surface area (Å²) in [5.41, 5.74) is 0.919. The van der Waals surface area contributed by atoms with Gasteiger partial charge in [-0.3, -0.25) is 14.4 Å². The Kier molecular flexibility index (Phi) is 7.82. The first kappa shape index (κ1) is 16.9. The summed E-state index contributed by atoms with van der Waals surface area (Å²) in [6, 6.07) is 9.39. The number of aliphatic carboxylic acids is 1. The average molecular weight is 291 g/mol. The quantitative estimate of drug-likeness (QED) is 0.294. The van der Waals surface area contributed by atoms with Crippen molar-refractivity contribution in [2.75, 3.05) is 6.54 Å². The number of hydroxylamine groups is 2. The molecule has 0 aliphatic rings. The van der Waals surface area contributed by atoms with E-state index < -0.39 is 11.9 Å². The van der Waals surface area contributed by atoms with Gasteiger partial charge in [0.05, 0.1) is 12.5 Å². The highest BCUT2D eigenvalue weighted by Crippen LogP contribution is 2.12. The zero-order valence-corrected chi connectivity index (χ0v) is 12.0. The second kappa shape index (κ2) is 9.72. The molecule has 0 aromatic heterocycles. The molecule has 5 nitrogen and oxygen atoms in total. The number of carbonyl (C=O) groups excluding carboxylic acids is 1. The number of rotatable bonds is 11. The number of amides is 1. The number of nitrogens with zero attached hydrogens (tertiary/aromatic N) is 1. The third-order valence-electron chi connectivity index (χ3n) is 3.07. The Morgan fingerprint density at radius 2 is 2.10 bits per heavy atom. The van der Waals surface area contributed by atoms with Gasteiger partial charge in [0.15, 0.2) is 0 Å². The van der Waals surface area contributed by atoms with Crippen molar-refractivity contribution in [1.29, 1.82) is 0 Å². The van der Waals surface area contributed by atoms with E-state index in [0.29, 0.717) is 12.8 Å². The third kappa shape index (κ3) is 6.72. The molecule has 0 bridgehead atoms. The summed E-state index contributed by atoms with van der Waals surface area (Å²) >= 11 is 0. The Bertz CT molecular complexity index is 447. The van der Waals surface area contributed by atoms with E-state index in [1.807, 2.05) is 30.3 Å². The Labute approximate surface area is 124 Å². The van der Waals surface area contributed by atoms with Gasteiger partial charge >= 0.3 is 5.97 Å². The monoisotopic (exact) mass is 291 g/mol. The van der Waals surface area contributed by atoms with E-state index in [1.165, 1.54) is 0 Å². The first-order chi connectivity index (χ1) is 10.2. The fourth-order valence-electron chi connectivity index (χ4n) is 1.88. The van der Waals surface area contributed by atoms with Gasteiger partial charge in [0.25, 0.3) is 0 Å². The molecule has 21 heavy (non-hydrogen) atoms. The Balaban J connectivity index is 2.47. The van der Waals surface area contributed by atoms with Crippen molar-refractivity contribution >= 4 is 12.4 Å². The molecule has 1 N–H and O–H groups in total. The Hall–Kier alpha value is -2.14. The number of carbonyl (C=O) groups is 2. The van der Waals surface area contributed by atoms with Crippen molar-refractivity contribution in [3.05, 3.63) is 48.6 Å². The highest BCUT2D eigenvalue weighted by Gasteiger charge is 2.20. The molecule has 0 radical (unpaired) electrons. The van der Waals surface area contributed by atoms with Gasteiger partial charge in [-0.15, -0.1) is 6.58 Å². The van der Waals surface area contributed by atoms with Crippen molar-refractivity contribution in [3.8, 4) is 0 Å². The van der Waals surface area contributed by atoms with Gasteiger partial charge in [-0.25, -0.2) is 5.06 Å². The molecule has 1 atom stereocenters. The molecule has 0 saturated heterocycles. The van der Waals surface area contributed by atoms with E-state index in [-0.39, 0.29) is 13.2 Å². The van der Waals surface area contributed by atoms with Crippen LogP contribution in [0.15, 0.2) is 43.0 Å². The van der Waals surface area contributed by atoms with Gasteiger partial charge in [-0.1, -0.05) is 36.4 Å². The molecule has 0 heterocycles. The predicted molar refractivity (Wildman–Crippen MR) is 79.2 cm³/mol. The summed E-state index contributed by atoms with van der Waals surface area (Å²) in [5, 5.41) is 10.2. The van der Waals surface area contributed by atoms with Crippen LogP contribution >= 0.6 is 0 Å². The SMILES string of the molecule is C=CCCC[C@H](CN(C=O)OCc1ccccc1)C(=O)O. The third-order valence-corrected chi connectivity index (χ3v) is 3.07. The molecule has 1 amide bonds. The topological polar surface area (TPSA) is 66.8 Å². The molecule has 0 saturated carbocycles. The van der Waals surface area contributed by atoms with Crippen molar-refractivity contribution < 1.29 is 19.5 Å². The van der Waals surface area contributed by atoms with Crippen LogP contribution in [-0.4, -0.2) is 29.1 Å². The molecule has 114 valence electrons. The molecule has 1 aromatic rings. The second-order valence-corrected chi connectivity index (χ2v) is 4.72. The minimum Gasteiger partial charge on any atom is -0.481 e. The van der Waals surface area contributed by atoms with Gasteiger partial charge in [0, 0.05) is 0 Å². The zero-order valence-electron chi connectivity index (χ0n) is 12.0. The van der Waals surface area contributed by atoms with E-state index in [2.05, 4.69) is 6.58 Å². The molecule has 0 aliphatic heterocycles. The van der Waals surface area contributed by atoms with E-state index in [4.69, 9.17) is 4.84 Å². The highest BCUT2D eigenvalue weighted by molar-refractivity contribution is 5.70. The first-order valence-electron chi connectivity index (χ1n) is 6.90. The smallest absolute Gasteiger partial charge is 0.308 e. The Morgan fingerprint density at radius 3 is 2.67 bits per heavy atom. The van der Waals surface area contributed by atoms with Crippen LogP contribution in [0.25, 0.3) is 0 Å². The van der Waals surface area contributed by atoms with Crippen LogP contribution in [-0.2, 0) is 21.0 Å². The lowest BCUT2D eigenvalue weighted by Crippen LogP contribution is -2.32. The highest BCUT2D eigenvalue weighted by atomic mass is 16.7. The van der Waals surface area contributed by atoms with Gasteiger partial charge in [0.1, 0.15) is 6.61 Å². The van der Waals surface area contributed by atoms with E-state index in [1.54, 1.807) is 6.08 Å². The van der Waals surface area contributed by atoms with Crippen LogP contribution in [0.3, 0.4) is 0 Å². The lowest BCUT2D eigenvalue weighted by molar-refractivity contribution is -0.184.